The number of hydrogen-bond donors (Lipinski definition) is 0. The van der Waals surface area contributed by atoms with Crippen LogP contribution in [0.1, 0.15) is 0 Å². The van der Waals surface area contributed by atoms with Gasteiger partial charge in [-0.15, -0.1) is 0 Å². The van der Waals surface area contributed by atoms with Crippen molar-refractivity contribution in [2.75, 3.05) is 0 Å². The molecule has 3 heterocycles. The lowest BCUT2D eigenvalue weighted by Gasteiger charge is -2.05. The number of halogens is 5. The molecule has 34 heavy (non-hydrogen) atoms. The molecular weight excluding hydrogens is 545 g/mol. The fourth-order valence-corrected chi connectivity index (χ4v) is 4.62. The average molecular weight is 558 g/mol. The Balaban J connectivity index is 0.000000159. The largest absolute Gasteiger partial charge is 0.456 e. The molecule has 6 aromatic rings. The number of hydrogen-bond acceptors (Lipinski definition) is 3. The van der Waals surface area contributed by atoms with Gasteiger partial charge in [0.05, 0.1) is 10.0 Å². The minimum atomic E-state index is -0.379. The standard InChI is InChI=1S/C17H9ClFNO.C9H4BrClFN/c18-15-7-11(19)6-12-13(15)8-20-9-14(12)17-5-10-3-1-2-4-16(10)21-17;10-8-4-13-3-7-6(8)1-5(12)2-9(7)11/h1-9H;1-4H. The third-order valence-corrected chi connectivity index (χ3v) is 6.48. The van der Waals surface area contributed by atoms with E-state index >= 15 is 0 Å². The lowest BCUT2D eigenvalue weighted by atomic mass is 10.1. The molecule has 0 N–H and O–H groups in total. The highest BCUT2D eigenvalue weighted by atomic mass is 79.9. The molecule has 0 aliphatic heterocycles. The second kappa shape index (κ2) is 9.29. The molecule has 0 saturated heterocycles. The van der Waals surface area contributed by atoms with Gasteiger partial charge in [0.15, 0.2) is 0 Å². The van der Waals surface area contributed by atoms with Gasteiger partial charge in [-0.05, 0) is 52.3 Å². The van der Waals surface area contributed by atoms with Gasteiger partial charge in [-0.25, -0.2) is 8.78 Å². The summed E-state index contributed by atoms with van der Waals surface area (Å²) in [5.74, 6) is -0.0728. The zero-order chi connectivity index (χ0) is 23.8. The summed E-state index contributed by atoms with van der Waals surface area (Å²) in [5.41, 5.74) is 1.51. The van der Waals surface area contributed by atoms with Gasteiger partial charge in [0.2, 0.25) is 0 Å². The number of fused-ring (bicyclic) bond motifs is 3. The van der Waals surface area contributed by atoms with Crippen LogP contribution in [0.4, 0.5) is 8.78 Å². The van der Waals surface area contributed by atoms with Gasteiger partial charge in [-0.3, -0.25) is 9.97 Å². The zero-order valence-electron chi connectivity index (χ0n) is 17.2. The van der Waals surface area contributed by atoms with Crippen molar-refractivity contribution >= 4 is 71.6 Å². The van der Waals surface area contributed by atoms with Crippen LogP contribution in [-0.4, -0.2) is 9.97 Å². The number of nitrogens with zero attached hydrogens (tertiary/aromatic N) is 2. The van der Waals surface area contributed by atoms with Gasteiger partial charge < -0.3 is 4.42 Å². The molecule has 0 atom stereocenters. The lowest BCUT2D eigenvalue weighted by molar-refractivity contribution is 0.628. The van der Waals surface area contributed by atoms with E-state index in [-0.39, 0.29) is 11.6 Å². The molecule has 0 spiro atoms. The molecule has 168 valence electrons. The molecule has 6 rings (SSSR count). The van der Waals surface area contributed by atoms with Crippen molar-refractivity contribution in [3.05, 3.63) is 106 Å². The summed E-state index contributed by atoms with van der Waals surface area (Å²) >= 11 is 15.2. The molecule has 0 aliphatic carbocycles. The maximum atomic E-state index is 13.7. The van der Waals surface area contributed by atoms with Crippen molar-refractivity contribution < 1.29 is 13.2 Å². The molecule has 3 aromatic heterocycles. The van der Waals surface area contributed by atoms with Gasteiger partial charge in [0.1, 0.15) is 23.0 Å². The quantitative estimate of drug-likeness (QED) is 0.202. The van der Waals surface area contributed by atoms with Crippen LogP contribution < -0.4 is 0 Å². The summed E-state index contributed by atoms with van der Waals surface area (Å²) in [4.78, 5) is 8.13. The van der Waals surface area contributed by atoms with Crippen LogP contribution in [0.15, 0.2) is 88.3 Å². The minimum absolute atomic E-state index is 0.343. The van der Waals surface area contributed by atoms with Gasteiger partial charge in [-0.1, -0.05) is 41.4 Å². The monoisotopic (exact) mass is 556 g/mol. The van der Waals surface area contributed by atoms with Gasteiger partial charge in [0, 0.05) is 61.8 Å². The van der Waals surface area contributed by atoms with Crippen LogP contribution in [0, 0.1) is 11.6 Å². The van der Waals surface area contributed by atoms with E-state index in [0.29, 0.717) is 26.6 Å². The Kier molecular flexibility index (Phi) is 6.21. The highest BCUT2D eigenvalue weighted by molar-refractivity contribution is 9.10. The first-order valence-electron chi connectivity index (χ1n) is 10.0. The molecule has 0 radical (unpaired) electrons. The number of pyridine rings is 2. The van der Waals surface area contributed by atoms with Gasteiger partial charge in [-0.2, -0.15) is 0 Å². The summed E-state index contributed by atoms with van der Waals surface area (Å²) < 4.78 is 33.2. The van der Waals surface area contributed by atoms with Gasteiger partial charge >= 0.3 is 0 Å². The summed E-state index contributed by atoms with van der Waals surface area (Å²) in [6, 6.07) is 15.1. The highest BCUT2D eigenvalue weighted by Gasteiger charge is 2.13. The fourth-order valence-electron chi connectivity index (χ4n) is 3.67. The molecule has 0 bridgehead atoms. The Hall–Kier alpha value is -3.06. The molecule has 3 nitrogen and oxygen atoms in total. The smallest absolute Gasteiger partial charge is 0.137 e. The Bertz CT molecular complexity index is 1650. The Morgan fingerprint density at radius 1 is 0.706 bits per heavy atom. The third-order valence-electron chi connectivity index (χ3n) is 5.23. The topological polar surface area (TPSA) is 38.9 Å². The predicted molar refractivity (Wildman–Crippen MR) is 136 cm³/mol. The summed E-state index contributed by atoms with van der Waals surface area (Å²) in [6.45, 7) is 0. The lowest BCUT2D eigenvalue weighted by Crippen LogP contribution is -1.85. The maximum absolute atomic E-state index is 13.7. The average Bonchev–Trinajstić information content (AvgIpc) is 3.24. The highest BCUT2D eigenvalue weighted by Crippen LogP contribution is 2.35. The second-order valence-corrected chi connectivity index (χ2v) is 9.09. The molecule has 0 aliphatic rings. The van der Waals surface area contributed by atoms with Crippen molar-refractivity contribution in [2.24, 2.45) is 0 Å². The third kappa shape index (κ3) is 4.37. The summed E-state index contributed by atoms with van der Waals surface area (Å²) in [6.07, 6.45) is 6.51. The van der Waals surface area contributed by atoms with Crippen LogP contribution in [0.5, 0.6) is 0 Å². The van der Waals surface area contributed by atoms with E-state index in [2.05, 4.69) is 25.9 Å². The van der Waals surface area contributed by atoms with Crippen LogP contribution in [0.2, 0.25) is 10.0 Å². The van der Waals surface area contributed by atoms with Crippen LogP contribution in [0.3, 0.4) is 0 Å². The van der Waals surface area contributed by atoms with E-state index in [1.165, 1.54) is 24.3 Å². The molecule has 0 unspecified atom stereocenters. The van der Waals surface area contributed by atoms with Crippen LogP contribution in [-0.2, 0) is 0 Å². The molecule has 0 saturated carbocycles. The zero-order valence-corrected chi connectivity index (χ0v) is 20.3. The molecular formula is C26H13BrCl2F2N2O. The SMILES string of the molecule is Fc1cc(Cl)c2cncc(-c3cc4ccccc4o3)c2c1.Fc1cc(Cl)c2cncc(Br)c2c1. The van der Waals surface area contributed by atoms with Crippen molar-refractivity contribution in [3.63, 3.8) is 0 Å². The van der Waals surface area contributed by atoms with E-state index in [4.69, 9.17) is 27.6 Å². The number of aromatic nitrogens is 2. The first kappa shape index (κ1) is 22.7. The Morgan fingerprint density at radius 2 is 1.32 bits per heavy atom. The van der Waals surface area contributed by atoms with Crippen molar-refractivity contribution in [2.45, 2.75) is 0 Å². The first-order chi connectivity index (χ1) is 16.4. The summed E-state index contributed by atoms with van der Waals surface area (Å²) in [5, 5.41) is 4.59. The molecule has 0 amide bonds. The van der Waals surface area contributed by atoms with Crippen molar-refractivity contribution in [1.82, 2.24) is 9.97 Å². The van der Waals surface area contributed by atoms with E-state index in [0.717, 1.165) is 31.8 Å². The number of rotatable bonds is 1. The first-order valence-corrected chi connectivity index (χ1v) is 11.6. The second-order valence-electron chi connectivity index (χ2n) is 7.42. The summed E-state index contributed by atoms with van der Waals surface area (Å²) in [7, 11) is 0. The minimum Gasteiger partial charge on any atom is -0.456 e. The van der Waals surface area contributed by atoms with Gasteiger partial charge in [0.25, 0.3) is 0 Å². The normalized spacial score (nSPS) is 11.1. The van der Waals surface area contributed by atoms with E-state index in [1.54, 1.807) is 24.8 Å². The fraction of sp³-hybridized carbons (Fsp3) is 0. The van der Waals surface area contributed by atoms with E-state index in [9.17, 15) is 8.78 Å². The predicted octanol–water partition coefficient (Wildman–Crippen LogP) is 9.23. The molecule has 0 fully saturated rings. The van der Waals surface area contributed by atoms with E-state index in [1.807, 2.05) is 30.3 Å². The maximum Gasteiger partial charge on any atom is 0.137 e. The molecule has 3 aromatic carbocycles. The Labute approximate surface area is 211 Å². The number of benzene rings is 3. The van der Waals surface area contributed by atoms with Crippen molar-refractivity contribution in [3.8, 4) is 11.3 Å². The van der Waals surface area contributed by atoms with Crippen LogP contribution >= 0.6 is 39.1 Å². The Morgan fingerprint density at radius 3 is 2.03 bits per heavy atom. The number of furan rings is 1. The number of para-hydroxylation sites is 1. The van der Waals surface area contributed by atoms with Crippen molar-refractivity contribution in [1.29, 1.82) is 0 Å². The van der Waals surface area contributed by atoms with E-state index < -0.39 is 0 Å². The van der Waals surface area contributed by atoms with Crippen LogP contribution in [0.25, 0.3) is 43.8 Å². The molecule has 8 heteroatoms.